The van der Waals surface area contributed by atoms with Gasteiger partial charge in [-0.3, -0.25) is 0 Å². The quantitative estimate of drug-likeness (QED) is 0.758. The van der Waals surface area contributed by atoms with Gasteiger partial charge in [0.2, 0.25) is 0 Å². The predicted octanol–water partition coefficient (Wildman–Crippen LogP) is 0.463. The monoisotopic (exact) mass is 240 g/mol. The maximum absolute atomic E-state index is 9.10. The third kappa shape index (κ3) is 4.11. The Morgan fingerprint density at radius 1 is 1.53 bits per heavy atom. The minimum absolute atomic E-state index is 0.0558. The Bertz CT molecular complexity index is 346. The Morgan fingerprint density at radius 3 is 2.71 bits per heavy atom. The van der Waals surface area contributed by atoms with E-state index in [0.29, 0.717) is 0 Å². The number of nitrogens with two attached hydrogens (primary N) is 1. The van der Waals surface area contributed by atoms with Gasteiger partial charge in [0, 0.05) is 19.3 Å². The Morgan fingerprint density at radius 2 is 2.18 bits per heavy atom. The van der Waals surface area contributed by atoms with Crippen LogP contribution in [0.15, 0.2) is 12.5 Å². The van der Waals surface area contributed by atoms with Crippen LogP contribution in [0.3, 0.4) is 0 Å². The molecule has 1 atom stereocenters. The van der Waals surface area contributed by atoms with Crippen LogP contribution >= 0.6 is 0 Å². The summed E-state index contributed by atoms with van der Waals surface area (Å²) in [6, 6.07) is -0.354. The minimum atomic E-state index is -0.354. The molecular formula is C12H24N4O. The molecule has 0 aliphatic carbocycles. The summed E-state index contributed by atoms with van der Waals surface area (Å²) in [5.41, 5.74) is 6.86. The first-order valence-corrected chi connectivity index (χ1v) is 5.87. The Kier molecular flexibility index (Phi) is 4.68. The lowest BCUT2D eigenvalue weighted by Gasteiger charge is -2.29. The summed E-state index contributed by atoms with van der Waals surface area (Å²) in [6.07, 6.45) is 3.51. The van der Waals surface area contributed by atoms with Gasteiger partial charge in [0.15, 0.2) is 0 Å². The van der Waals surface area contributed by atoms with Crippen LogP contribution in [-0.4, -0.2) is 46.8 Å². The second kappa shape index (κ2) is 5.62. The molecule has 5 heteroatoms. The summed E-state index contributed by atoms with van der Waals surface area (Å²) < 4.78 is 2.03. The molecule has 0 amide bonds. The number of aliphatic hydroxyl groups excluding tert-OH is 1. The summed E-state index contributed by atoms with van der Waals surface area (Å²) in [6.45, 7) is 6.19. The van der Waals surface area contributed by atoms with Crippen LogP contribution in [0.4, 0.5) is 0 Å². The van der Waals surface area contributed by atoms with Crippen LogP contribution in [0.25, 0.3) is 0 Å². The number of hydrogen-bond donors (Lipinski definition) is 2. The van der Waals surface area contributed by atoms with E-state index in [1.807, 2.05) is 4.57 Å². The van der Waals surface area contributed by atoms with Gasteiger partial charge < -0.3 is 20.3 Å². The predicted molar refractivity (Wildman–Crippen MR) is 68.6 cm³/mol. The van der Waals surface area contributed by atoms with Crippen LogP contribution in [0.2, 0.25) is 0 Å². The molecule has 0 fully saturated rings. The smallest absolute Gasteiger partial charge is 0.0948 e. The molecule has 1 aromatic rings. The highest BCUT2D eigenvalue weighted by molar-refractivity contribution is 5.05. The van der Waals surface area contributed by atoms with Crippen LogP contribution in [-0.2, 0) is 6.54 Å². The SMILES string of the molecule is CN(C)CC(C)(C)Cn1cncc1C(N)CO. The molecule has 0 aliphatic heterocycles. The number of aromatic nitrogens is 2. The van der Waals surface area contributed by atoms with Gasteiger partial charge in [-0.2, -0.15) is 0 Å². The van der Waals surface area contributed by atoms with Crippen molar-refractivity contribution >= 4 is 0 Å². The van der Waals surface area contributed by atoms with Crippen molar-refractivity contribution in [3.8, 4) is 0 Å². The maximum atomic E-state index is 9.10. The molecule has 0 saturated carbocycles. The van der Waals surface area contributed by atoms with E-state index < -0.39 is 0 Å². The van der Waals surface area contributed by atoms with Crippen molar-refractivity contribution < 1.29 is 5.11 Å². The highest BCUT2D eigenvalue weighted by Gasteiger charge is 2.22. The van der Waals surface area contributed by atoms with Gasteiger partial charge in [0.25, 0.3) is 0 Å². The Hall–Kier alpha value is -0.910. The molecule has 0 radical (unpaired) electrons. The third-order valence-electron chi connectivity index (χ3n) is 2.66. The zero-order valence-electron chi connectivity index (χ0n) is 11.2. The van der Waals surface area contributed by atoms with Gasteiger partial charge in [0.1, 0.15) is 0 Å². The molecule has 1 unspecified atom stereocenters. The first-order valence-electron chi connectivity index (χ1n) is 5.87. The lowest BCUT2D eigenvalue weighted by Crippen LogP contribution is -2.33. The van der Waals surface area contributed by atoms with Crippen LogP contribution < -0.4 is 5.73 Å². The van der Waals surface area contributed by atoms with E-state index in [0.717, 1.165) is 18.8 Å². The van der Waals surface area contributed by atoms with Crippen molar-refractivity contribution in [2.24, 2.45) is 11.1 Å². The van der Waals surface area contributed by atoms with Crippen molar-refractivity contribution in [3.05, 3.63) is 18.2 Å². The van der Waals surface area contributed by atoms with Crippen molar-refractivity contribution in [2.75, 3.05) is 27.2 Å². The molecule has 0 spiro atoms. The normalized spacial score (nSPS) is 14.3. The molecule has 1 heterocycles. The van der Waals surface area contributed by atoms with Crippen LogP contribution in [0.5, 0.6) is 0 Å². The molecule has 1 rings (SSSR count). The molecule has 17 heavy (non-hydrogen) atoms. The first-order chi connectivity index (χ1) is 7.85. The van der Waals surface area contributed by atoms with E-state index in [4.69, 9.17) is 10.8 Å². The summed E-state index contributed by atoms with van der Waals surface area (Å²) >= 11 is 0. The fraction of sp³-hybridized carbons (Fsp3) is 0.750. The summed E-state index contributed by atoms with van der Waals surface area (Å²) in [5.74, 6) is 0. The highest BCUT2D eigenvalue weighted by Crippen LogP contribution is 2.21. The highest BCUT2D eigenvalue weighted by atomic mass is 16.3. The summed E-state index contributed by atoms with van der Waals surface area (Å²) in [4.78, 5) is 6.28. The largest absolute Gasteiger partial charge is 0.394 e. The van der Waals surface area contributed by atoms with Crippen LogP contribution in [0.1, 0.15) is 25.6 Å². The lowest BCUT2D eigenvalue weighted by molar-refractivity contribution is 0.205. The van der Waals surface area contributed by atoms with Gasteiger partial charge >= 0.3 is 0 Å². The zero-order chi connectivity index (χ0) is 13.1. The van der Waals surface area contributed by atoms with Crippen molar-refractivity contribution in [1.29, 1.82) is 0 Å². The third-order valence-corrected chi connectivity index (χ3v) is 2.66. The van der Waals surface area contributed by atoms with E-state index in [1.165, 1.54) is 0 Å². The lowest BCUT2D eigenvalue weighted by atomic mass is 9.92. The average Bonchev–Trinajstić information content (AvgIpc) is 2.61. The Balaban J connectivity index is 2.77. The van der Waals surface area contributed by atoms with E-state index >= 15 is 0 Å². The molecule has 3 N–H and O–H groups in total. The van der Waals surface area contributed by atoms with Crippen molar-refractivity contribution in [2.45, 2.75) is 26.4 Å². The van der Waals surface area contributed by atoms with Gasteiger partial charge in [-0.05, 0) is 19.5 Å². The summed E-state index contributed by atoms with van der Waals surface area (Å²) in [5, 5.41) is 9.10. The minimum Gasteiger partial charge on any atom is -0.394 e. The van der Waals surface area contributed by atoms with Gasteiger partial charge in [0.05, 0.1) is 24.7 Å². The fourth-order valence-corrected chi connectivity index (χ4v) is 2.23. The molecule has 0 bridgehead atoms. The number of hydrogen-bond acceptors (Lipinski definition) is 4. The second-order valence-electron chi connectivity index (χ2n) is 5.64. The van der Waals surface area contributed by atoms with Crippen LogP contribution in [0, 0.1) is 5.41 Å². The number of imidazole rings is 1. The number of aliphatic hydroxyl groups is 1. The fourth-order valence-electron chi connectivity index (χ4n) is 2.23. The van der Waals surface area contributed by atoms with E-state index in [1.54, 1.807) is 12.5 Å². The van der Waals surface area contributed by atoms with Gasteiger partial charge in [-0.15, -0.1) is 0 Å². The van der Waals surface area contributed by atoms with E-state index in [-0.39, 0.29) is 18.1 Å². The average molecular weight is 240 g/mol. The van der Waals surface area contributed by atoms with Gasteiger partial charge in [-0.1, -0.05) is 13.8 Å². The molecule has 0 aromatic carbocycles. The van der Waals surface area contributed by atoms with Crippen molar-refractivity contribution in [1.82, 2.24) is 14.5 Å². The second-order valence-corrected chi connectivity index (χ2v) is 5.64. The molecule has 98 valence electrons. The maximum Gasteiger partial charge on any atom is 0.0948 e. The van der Waals surface area contributed by atoms with E-state index in [2.05, 4.69) is 37.8 Å². The van der Waals surface area contributed by atoms with Crippen molar-refractivity contribution in [3.63, 3.8) is 0 Å². The molecule has 0 saturated heterocycles. The standard InChI is InChI=1S/C12H24N4O/c1-12(2,7-15(3)4)8-16-9-14-5-11(16)10(13)6-17/h5,9-10,17H,6-8,13H2,1-4H3. The molecule has 0 aliphatic rings. The number of nitrogens with zero attached hydrogens (tertiary/aromatic N) is 3. The molecule has 5 nitrogen and oxygen atoms in total. The first kappa shape index (κ1) is 14.2. The molecule has 1 aromatic heterocycles. The summed E-state index contributed by atoms with van der Waals surface area (Å²) in [7, 11) is 4.13. The van der Waals surface area contributed by atoms with Gasteiger partial charge in [-0.25, -0.2) is 4.98 Å². The number of rotatable bonds is 6. The topological polar surface area (TPSA) is 67.3 Å². The molecular weight excluding hydrogens is 216 g/mol. The van der Waals surface area contributed by atoms with E-state index in [9.17, 15) is 0 Å². The zero-order valence-corrected chi connectivity index (χ0v) is 11.2. The Labute approximate surface area is 103 Å².